The molecule has 1 unspecified atom stereocenters. The van der Waals surface area contributed by atoms with Crippen LogP contribution in [0.5, 0.6) is 0 Å². The summed E-state index contributed by atoms with van der Waals surface area (Å²) in [5.74, 6) is 1.07. The van der Waals surface area contributed by atoms with Gasteiger partial charge in [-0.25, -0.2) is 0 Å². The van der Waals surface area contributed by atoms with E-state index in [1.165, 1.54) is 12.0 Å². The largest absolute Gasteiger partial charge is 0.331 e. The van der Waals surface area contributed by atoms with Crippen molar-refractivity contribution >= 4 is 5.91 Å². The summed E-state index contributed by atoms with van der Waals surface area (Å²) in [6.45, 7) is 9.01. The van der Waals surface area contributed by atoms with Gasteiger partial charge in [0.15, 0.2) is 0 Å². The Kier molecular flexibility index (Phi) is 4.53. The van der Waals surface area contributed by atoms with Gasteiger partial charge in [0.05, 0.1) is 6.04 Å². The first-order chi connectivity index (χ1) is 10.6. The molecule has 3 atom stereocenters. The number of carbonyl (C=O) groups excluding carboxylic acids is 1. The molecule has 2 heterocycles. The molecule has 0 bridgehead atoms. The van der Waals surface area contributed by atoms with Crippen molar-refractivity contribution in [2.75, 3.05) is 13.1 Å². The van der Waals surface area contributed by atoms with Crippen LogP contribution in [0.2, 0.25) is 0 Å². The van der Waals surface area contributed by atoms with Crippen molar-refractivity contribution in [3.63, 3.8) is 0 Å². The predicted octanol–water partition coefficient (Wildman–Crippen LogP) is 3.47. The molecule has 0 saturated carbocycles. The number of amides is 1. The Hall–Kier alpha value is -1.35. The number of hydrogen-bond acceptors (Lipinski definition) is 2. The maximum atomic E-state index is 12.6. The van der Waals surface area contributed by atoms with Gasteiger partial charge in [0.2, 0.25) is 5.91 Å². The Balaban J connectivity index is 1.71. The van der Waals surface area contributed by atoms with Crippen LogP contribution in [0.25, 0.3) is 0 Å². The van der Waals surface area contributed by atoms with E-state index >= 15 is 0 Å². The fourth-order valence-corrected chi connectivity index (χ4v) is 4.06. The van der Waals surface area contributed by atoms with Crippen LogP contribution in [0.4, 0.5) is 0 Å². The minimum Gasteiger partial charge on any atom is -0.331 e. The molecule has 0 aliphatic carbocycles. The lowest BCUT2D eigenvalue weighted by molar-refractivity contribution is -0.131. The monoisotopic (exact) mass is 300 g/mol. The Morgan fingerprint density at radius 3 is 2.55 bits per heavy atom. The first-order valence-electron chi connectivity index (χ1n) is 8.68. The van der Waals surface area contributed by atoms with Crippen LogP contribution < -0.4 is 0 Å². The van der Waals surface area contributed by atoms with Gasteiger partial charge in [-0.3, -0.25) is 9.69 Å². The molecule has 0 spiro atoms. The fourth-order valence-electron chi connectivity index (χ4n) is 4.06. The highest BCUT2D eigenvalue weighted by Crippen LogP contribution is 2.38. The van der Waals surface area contributed by atoms with E-state index in [0.717, 1.165) is 25.4 Å². The van der Waals surface area contributed by atoms with Crippen LogP contribution >= 0.6 is 0 Å². The molecule has 0 N–H and O–H groups in total. The number of rotatable bonds is 5. The van der Waals surface area contributed by atoms with Crippen molar-refractivity contribution in [2.24, 2.45) is 5.92 Å². The van der Waals surface area contributed by atoms with Gasteiger partial charge in [0.25, 0.3) is 0 Å². The lowest BCUT2D eigenvalue weighted by atomic mass is 10.0. The third-order valence-electron chi connectivity index (χ3n) is 5.35. The number of benzene rings is 1. The SMILES string of the molecule is CC(C)CCN1CC[C@H]2[C@@H]1CC(=O)N2C(C)c1ccccc1. The molecule has 3 rings (SSSR count). The highest BCUT2D eigenvalue weighted by molar-refractivity contribution is 5.80. The van der Waals surface area contributed by atoms with Crippen molar-refractivity contribution in [2.45, 2.75) is 58.2 Å². The van der Waals surface area contributed by atoms with E-state index < -0.39 is 0 Å². The molecule has 1 aromatic rings. The molecule has 3 heteroatoms. The van der Waals surface area contributed by atoms with Crippen molar-refractivity contribution in [3.8, 4) is 0 Å². The minimum atomic E-state index is 0.189. The Morgan fingerprint density at radius 1 is 1.14 bits per heavy atom. The molecule has 2 aliphatic heterocycles. The second-order valence-electron chi connectivity index (χ2n) is 7.23. The zero-order valence-corrected chi connectivity index (χ0v) is 14.0. The maximum Gasteiger partial charge on any atom is 0.225 e. The second kappa shape index (κ2) is 6.41. The first-order valence-corrected chi connectivity index (χ1v) is 8.68. The van der Waals surface area contributed by atoms with E-state index in [1.54, 1.807) is 0 Å². The van der Waals surface area contributed by atoms with Crippen LogP contribution in [0, 0.1) is 5.92 Å². The Morgan fingerprint density at radius 2 is 1.86 bits per heavy atom. The van der Waals surface area contributed by atoms with E-state index in [9.17, 15) is 4.79 Å². The smallest absolute Gasteiger partial charge is 0.225 e. The first kappa shape index (κ1) is 15.5. The molecule has 1 amide bonds. The van der Waals surface area contributed by atoms with E-state index in [2.05, 4.69) is 54.8 Å². The van der Waals surface area contributed by atoms with Gasteiger partial charge in [0, 0.05) is 25.0 Å². The lowest BCUT2D eigenvalue weighted by Crippen LogP contribution is -2.39. The second-order valence-corrected chi connectivity index (χ2v) is 7.23. The molecular weight excluding hydrogens is 272 g/mol. The van der Waals surface area contributed by atoms with E-state index in [1.807, 2.05) is 6.07 Å². The summed E-state index contributed by atoms with van der Waals surface area (Å²) in [6, 6.07) is 11.5. The van der Waals surface area contributed by atoms with Crippen LogP contribution in [0.15, 0.2) is 30.3 Å². The van der Waals surface area contributed by atoms with Crippen molar-refractivity contribution < 1.29 is 4.79 Å². The summed E-state index contributed by atoms with van der Waals surface area (Å²) in [6.07, 6.45) is 3.07. The van der Waals surface area contributed by atoms with Crippen LogP contribution in [-0.2, 0) is 4.79 Å². The third kappa shape index (κ3) is 2.91. The summed E-state index contributed by atoms with van der Waals surface area (Å²) in [7, 11) is 0. The molecule has 0 aromatic heterocycles. The van der Waals surface area contributed by atoms with Crippen molar-refractivity contribution in [1.82, 2.24) is 9.80 Å². The minimum absolute atomic E-state index is 0.189. The number of fused-ring (bicyclic) bond motifs is 1. The van der Waals surface area contributed by atoms with Crippen LogP contribution in [-0.4, -0.2) is 40.9 Å². The molecule has 1 aromatic carbocycles. The lowest BCUT2D eigenvalue weighted by Gasteiger charge is -2.31. The number of carbonyl (C=O) groups is 1. The molecule has 120 valence electrons. The zero-order chi connectivity index (χ0) is 15.7. The summed E-state index contributed by atoms with van der Waals surface area (Å²) in [5.41, 5.74) is 1.25. The standard InChI is InChI=1S/C19H28N2O/c1-14(2)9-11-20-12-10-17-18(20)13-19(22)21(17)15(3)16-7-5-4-6-8-16/h4-8,14-15,17-18H,9-13H2,1-3H3/t15?,17-,18-/m0/s1. The number of hydrogen-bond donors (Lipinski definition) is 0. The highest BCUT2D eigenvalue weighted by Gasteiger charge is 2.47. The van der Waals surface area contributed by atoms with Gasteiger partial charge >= 0.3 is 0 Å². The van der Waals surface area contributed by atoms with Crippen LogP contribution in [0.1, 0.15) is 51.6 Å². The average molecular weight is 300 g/mol. The summed E-state index contributed by atoms with van der Waals surface area (Å²) in [5, 5.41) is 0. The third-order valence-corrected chi connectivity index (χ3v) is 5.35. The molecule has 2 aliphatic rings. The van der Waals surface area contributed by atoms with Gasteiger partial charge in [-0.05, 0) is 37.8 Å². The highest BCUT2D eigenvalue weighted by atomic mass is 16.2. The van der Waals surface area contributed by atoms with Crippen molar-refractivity contribution in [3.05, 3.63) is 35.9 Å². The normalized spacial score (nSPS) is 26.7. The average Bonchev–Trinajstić information content (AvgIpc) is 3.03. The Labute approximate surface area is 134 Å². The predicted molar refractivity (Wildman–Crippen MR) is 89.5 cm³/mol. The van der Waals surface area contributed by atoms with E-state index in [-0.39, 0.29) is 6.04 Å². The molecule has 2 fully saturated rings. The van der Waals surface area contributed by atoms with Crippen molar-refractivity contribution in [1.29, 1.82) is 0 Å². The van der Waals surface area contributed by atoms with Gasteiger partial charge in [-0.15, -0.1) is 0 Å². The molecule has 22 heavy (non-hydrogen) atoms. The van der Waals surface area contributed by atoms with E-state index in [4.69, 9.17) is 0 Å². The quantitative estimate of drug-likeness (QED) is 0.831. The van der Waals surface area contributed by atoms with Gasteiger partial charge in [-0.1, -0.05) is 44.2 Å². The zero-order valence-electron chi connectivity index (χ0n) is 14.0. The summed E-state index contributed by atoms with van der Waals surface area (Å²) >= 11 is 0. The molecule has 3 nitrogen and oxygen atoms in total. The topological polar surface area (TPSA) is 23.6 Å². The van der Waals surface area contributed by atoms with Crippen LogP contribution in [0.3, 0.4) is 0 Å². The molecule has 2 saturated heterocycles. The maximum absolute atomic E-state index is 12.6. The number of likely N-dealkylation sites (tertiary alicyclic amines) is 2. The summed E-state index contributed by atoms with van der Waals surface area (Å²) in [4.78, 5) is 17.3. The van der Waals surface area contributed by atoms with E-state index in [0.29, 0.717) is 24.4 Å². The summed E-state index contributed by atoms with van der Waals surface area (Å²) < 4.78 is 0. The Bertz CT molecular complexity index is 513. The fraction of sp³-hybridized carbons (Fsp3) is 0.632. The van der Waals surface area contributed by atoms with Gasteiger partial charge in [-0.2, -0.15) is 0 Å². The van der Waals surface area contributed by atoms with Gasteiger partial charge < -0.3 is 4.90 Å². The van der Waals surface area contributed by atoms with Gasteiger partial charge in [0.1, 0.15) is 0 Å². The molecule has 0 radical (unpaired) electrons. The molecular formula is C19H28N2O. The number of nitrogens with zero attached hydrogens (tertiary/aromatic N) is 2.